The number of carbonyl (C=O) groups excluding carboxylic acids is 1. The predicted molar refractivity (Wildman–Crippen MR) is 78.2 cm³/mol. The first-order valence-corrected chi connectivity index (χ1v) is 7.31. The molecule has 8 heteroatoms. The summed E-state index contributed by atoms with van der Waals surface area (Å²) in [6.45, 7) is 3.52. The Kier molecular flexibility index (Phi) is 3.92. The molecule has 0 spiro atoms. The largest absolute Gasteiger partial charge is 0.455 e. The van der Waals surface area contributed by atoms with Gasteiger partial charge in [0.2, 0.25) is 0 Å². The zero-order chi connectivity index (χ0) is 15.5. The van der Waals surface area contributed by atoms with Gasteiger partial charge in [0.1, 0.15) is 27.9 Å². The van der Waals surface area contributed by atoms with Gasteiger partial charge in [0.15, 0.2) is 0 Å². The van der Waals surface area contributed by atoms with Crippen LogP contribution >= 0.6 is 11.3 Å². The molecule has 0 N–H and O–H groups in total. The summed E-state index contributed by atoms with van der Waals surface area (Å²) >= 11 is 1.25. The first kappa shape index (κ1) is 14.3. The summed E-state index contributed by atoms with van der Waals surface area (Å²) in [4.78, 5) is 21.2. The molecule has 0 aliphatic rings. The lowest BCUT2D eigenvalue weighted by molar-refractivity contribution is 0.0468. The van der Waals surface area contributed by atoms with E-state index >= 15 is 0 Å². The van der Waals surface area contributed by atoms with E-state index in [4.69, 9.17) is 4.74 Å². The average molecular weight is 316 g/mol. The summed E-state index contributed by atoms with van der Waals surface area (Å²) in [6.07, 6.45) is 1.68. The highest BCUT2D eigenvalue weighted by Gasteiger charge is 2.19. The molecular weight excluding hydrogens is 304 g/mol. The molecule has 0 saturated heterocycles. The molecule has 0 bridgehead atoms. The van der Waals surface area contributed by atoms with Gasteiger partial charge in [-0.15, -0.1) is 11.3 Å². The predicted octanol–water partition coefficient (Wildman–Crippen LogP) is 2.56. The Balaban J connectivity index is 1.76. The van der Waals surface area contributed by atoms with Gasteiger partial charge in [-0.3, -0.25) is 4.98 Å². The second-order valence-corrected chi connectivity index (χ2v) is 5.52. The van der Waals surface area contributed by atoms with E-state index in [1.807, 2.05) is 18.2 Å². The van der Waals surface area contributed by atoms with Gasteiger partial charge in [0, 0.05) is 6.20 Å². The van der Waals surface area contributed by atoms with E-state index in [0.717, 1.165) is 5.69 Å². The SMILES string of the molecule is Cc1nonc1COC(=O)c1sc(-c2ccccn2)nc1C. The second kappa shape index (κ2) is 6.02. The molecule has 0 aromatic carbocycles. The number of aryl methyl sites for hydroxylation is 2. The van der Waals surface area contributed by atoms with Crippen LogP contribution in [0.2, 0.25) is 0 Å². The highest BCUT2D eigenvalue weighted by atomic mass is 32.1. The smallest absolute Gasteiger partial charge is 0.350 e. The van der Waals surface area contributed by atoms with Crippen LogP contribution in [0.15, 0.2) is 29.0 Å². The van der Waals surface area contributed by atoms with Crippen LogP contribution in [0.3, 0.4) is 0 Å². The minimum atomic E-state index is -0.445. The summed E-state index contributed by atoms with van der Waals surface area (Å²) in [5.41, 5.74) is 2.44. The van der Waals surface area contributed by atoms with Crippen LogP contribution in [0, 0.1) is 13.8 Å². The molecule has 0 unspecified atom stereocenters. The van der Waals surface area contributed by atoms with Crippen LogP contribution in [-0.4, -0.2) is 26.3 Å². The number of hydrogen-bond acceptors (Lipinski definition) is 8. The van der Waals surface area contributed by atoms with Crippen LogP contribution in [0.25, 0.3) is 10.7 Å². The topological polar surface area (TPSA) is 91.0 Å². The third kappa shape index (κ3) is 2.86. The zero-order valence-electron chi connectivity index (χ0n) is 11.9. The van der Waals surface area contributed by atoms with Crippen LogP contribution in [-0.2, 0) is 11.3 Å². The van der Waals surface area contributed by atoms with Crippen molar-refractivity contribution in [2.24, 2.45) is 0 Å². The first-order chi connectivity index (χ1) is 10.6. The lowest BCUT2D eigenvalue weighted by Gasteiger charge is -2.00. The Labute approximate surface area is 129 Å². The standard InChI is InChI=1S/C14H12N4O3S/c1-8-11(18-21-17-8)7-20-14(19)12-9(2)16-13(22-12)10-5-3-4-6-15-10/h3-6H,7H2,1-2H3. The quantitative estimate of drug-likeness (QED) is 0.683. The van der Waals surface area contributed by atoms with Crippen molar-refractivity contribution in [3.05, 3.63) is 46.4 Å². The molecule has 0 radical (unpaired) electrons. The molecule has 0 aliphatic heterocycles. The van der Waals surface area contributed by atoms with E-state index in [0.29, 0.717) is 27.0 Å². The molecule has 22 heavy (non-hydrogen) atoms. The van der Waals surface area contributed by atoms with Crippen LogP contribution < -0.4 is 0 Å². The Morgan fingerprint density at radius 2 is 2.14 bits per heavy atom. The lowest BCUT2D eigenvalue weighted by atomic mass is 10.3. The van der Waals surface area contributed by atoms with Crippen LogP contribution in [0.5, 0.6) is 0 Å². The number of rotatable bonds is 4. The third-order valence-corrected chi connectivity index (χ3v) is 4.11. The number of hydrogen-bond donors (Lipinski definition) is 0. The fourth-order valence-corrected chi connectivity index (χ4v) is 2.70. The van der Waals surface area contributed by atoms with Gasteiger partial charge in [-0.25, -0.2) is 14.4 Å². The summed E-state index contributed by atoms with van der Waals surface area (Å²) in [6, 6.07) is 5.54. The van der Waals surface area contributed by atoms with Crippen molar-refractivity contribution in [2.75, 3.05) is 0 Å². The Morgan fingerprint density at radius 3 is 2.82 bits per heavy atom. The molecule has 112 valence electrons. The van der Waals surface area contributed by atoms with Crippen LogP contribution in [0.1, 0.15) is 26.8 Å². The van der Waals surface area contributed by atoms with Crippen molar-refractivity contribution in [3.8, 4) is 10.7 Å². The molecule has 7 nitrogen and oxygen atoms in total. The molecule has 3 rings (SSSR count). The molecule has 0 atom stereocenters. The van der Waals surface area contributed by atoms with Gasteiger partial charge in [-0.05, 0) is 26.0 Å². The van der Waals surface area contributed by atoms with Gasteiger partial charge in [0.05, 0.1) is 11.4 Å². The molecule has 0 aliphatic carbocycles. The molecule has 0 amide bonds. The minimum absolute atomic E-state index is 0.0183. The fraction of sp³-hybridized carbons (Fsp3) is 0.214. The molecule has 3 heterocycles. The Hall–Kier alpha value is -2.61. The molecular formula is C14H12N4O3S. The highest BCUT2D eigenvalue weighted by Crippen LogP contribution is 2.27. The van der Waals surface area contributed by atoms with E-state index in [1.54, 1.807) is 20.0 Å². The minimum Gasteiger partial charge on any atom is -0.455 e. The van der Waals surface area contributed by atoms with Gasteiger partial charge in [-0.2, -0.15) is 0 Å². The number of aromatic nitrogens is 4. The van der Waals surface area contributed by atoms with Gasteiger partial charge in [0.25, 0.3) is 0 Å². The number of pyridine rings is 1. The molecule has 0 saturated carbocycles. The van der Waals surface area contributed by atoms with Crippen molar-refractivity contribution in [1.29, 1.82) is 0 Å². The molecule has 0 fully saturated rings. The maximum Gasteiger partial charge on any atom is 0.350 e. The number of nitrogens with zero attached hydrogens (tertiary/aromatic N) is 4. The van der Waals surface area contributed by atoms with E-state index in [9.17, 15) is 4.79 Å². The van der Waals surface area contributed by atoms with Crippen molar-refractivity contribution in [1.82, 2.24) is 20.3 Å². The van der Waals surface area contributed by atoms with E-state index in [-0.39, 0.29) is 6.61 Å². The first-order valence-electron chi connectivity index (χ1n) is 6.49. The van der Waals surface area contributed by atoms with E-state index in [1.165, 1.54) is 11.3 Å². The number of ether oxygens (including phenoxy) is 1. The summed E-state index contributed by atoms with van der Waals surface area (Å²) < 4.78 is 9.79. The van der Waals surface area contributed by atoms with Gasteiger partial charge < -0.3 is 4.74 Å². The highest BCUT2D eigenvalue weighted by molar-refractivity contribution is 7.17. The second-order valence-electron chi connectivity index (χ2n) is 4.52. The third-order valence-electron chi connectivity index (χ3n) is 2.95. The van der Waals surface area contributed by atoms with Gasteiger partial charge >= 0.3 is 5.97 Å². The molecule has 3 aromatic rings. The van der Waals surface area contributed by atoms with Crippen molar-refractivity contribution in [3.63, 3.8) is 0 Å². The van der Waals surface area contributed by atoms with Crippen molar-refractivity contribution < 1.29 is 14.2 Å². The van der Waals surface area contributed by atoms with Crippen LogP contribution in [0.4, 0.5) is 0 Å². The monoisotopic (exact) mass is 316 g/mol. The van der Waals surface area contributed by atoms with Crippen molar-refractivity contribution in [2.45, 2.75) is 20.5 Å². The average Bonchev–Trinajstić information content (AvgIpc) is 3.12. The Morgan fingerprint density at radius 1 is 1.27 bits per heavy atom. The zero-order valence-corrected chi connectivity index (χ0v) is 12.8. The maximum absolute atomic E-state index is 12.2. The Bertz CT molecular complexity index is 798. The van der Waals surface area contributed by atoms with E-state index in [2.05, 4.69) is 24.9 Å². The lowest BCUT2D eigenvalue weighted by Crippen LogP contribution is -2.05. The maximum atomic E-state index is 12.2. The van der Waals surface area contributed by atoms with E-state index < -0.39 is 5.97 Å². The number of esters is 1. The van der Waals surface area contributed by atoms with Gasteiger partial charge in [-0.1, -0.05) is 16.4 Å². The number of thiazole rings is 1. The fourth-order valence-electron chi connectivity index (χ4n) is 1.76. The summed E-state index contributed by atoms with van der Waals surface area (Å²) in [5, 5.41) is 7.99. The van der Waals surface area contributed by atoms with Crippen molar-refractivity contribution >= 4 is 17.3 Å². The number of carbonyl (C=O) groups is 1. The normalized spacial score (nSPS) is 10.6. The summed E-state index contributed by atoms with van der Waals surface area (Å²) in [5.74, 6) is -0.445. The summed E-state index contributed by atoms with van der Waals surface area (Å²) in [7, 11) is 0. The molecule has 3 aromatic heterocycles.